The number of nitrogens with zero attached hydrogens (tertiary/aromatic N) is 1. The van der Waals surface area contributed by atoms with Crippen molar-refractivity contribution in [2.24, 2.45) is 5.73 Å². The molecule has 0 amide bonds. The van der Waals surface area contributed by atoms with Gasteiger partial charge < -0.3 is 5.73 Å². The molecule has 1 aliphatic heterocycles. The minimum absolute atomic E-state index is 0.169. The Labute approximate surface area is 118 Å². The number of hydrogen-bond donors (Lipinski definition) is 1. The summed E-state index contributed by atoms with van der Waals surface area (Å²) in [5.41, 5.74) is 12.2. The van der Waals surface area contributed by atoms with Gasteiger partial charge in [0.25, 0.3) is 0 Å². The number of rotatable bonds is 1. The van der Waals surface area contributed by atoms with E-state index in [2.05, 4.69) is 58.6 Å². The zero-order chi connectivity index (χ0) is 14.4. The van der Waals surface area contributed by atoms with Crippen molar-refractivity contribution in [3.8, 4) is 0 Å². The minimum atomic E-state index is 0.169. The second-order valence-corrected chi connectivity index (χ2v) is 7.07. The highest BCUT2D eigenvalue weighted by Crippen LogP contribution is 2.39. The smallest absolute Gasteiger partial charge is 0.0510 e. The maximum Gasteiger partial charge on any atom is 0.0510 e. The molecule has 106 valence electrons. The molecule has 2 N–H and O–H groups in total. The monoisotopic (exact) mass is 260 g/mol. The van der Waals surface area contributed by atoms with E-state index in [0.29, 0.717) is 6.04 Å². The largest absolute Gasteiger partial charge is 0.326 e. The lowest BCUT2D eigenvalue weighted by Crippen LogP contribution is -2.44. The average Bonchev–Trinajstić information content (AvgIpc) is 2.59. The first-order valence-corrected chi connectivity index (χ1v) is 7.32. The third-order valence-corrected chi connectivity index (χ3v) is 4.34. The van der Waals surface area contributed by atoms with Gasteiger partial charge in [0, 0.05) is 18.1 Å². The molecule has 2 unspecified atom stereocenters. The van der Waals surface area contributed by atoms with Crippen molar-refractivity contribution in [1.29, 1.82) is 0 Å². The molecule has 2 rings (SSSR count). The second kappa shape index (κ2) is 4.92. The third kappa shape index (κ3) is 2.70. The molecule has 1 aliphatic rings. The highest BCUT2D eigenvalue weighted by molar-refractivity contribution is 5.41. The fraction of sp³-hybridized carbons (Fsp3) is 0.647. The molecular weight excluding hydrogens is 232 g/mol. The highest BCUT2D eigenvalue weighted by atomic mass is 15.3. The van der Waals surface area contributed by atoms with Crippen LogP contribution in [0.25, 0.3) is 0 Å². The lowest BCUT2D eigenvalue weighted by molar-refractivity contribution is 0.116. The standard InChI is InChI=1S/C17H28N2/c1-11-9-12(2)15(13(3)10-11)16-14(18)7-8-19(16)17(4,5)6/h9-10,14,16H,7-8,18H2,1-6H3. The van der Waals surface area contributed by atoms with Gasteiger partial charge in [-0.2, -0.15) is 0 Å². The minimum Gasteiger partial charge on any atom is -0.326 e. The topological polar surface area (TPSA) is 29.3 Å². The summed E-state index contributed by atoms with van der Waals surface area (Å²) in [6.45, 7) is 14.6. The van der Waals surface area contributed by atoms with E-state index < -0.39 is 0 Å². The molecule has 2 atom stereocenters. The zero-order valence-electron chi connectivity index (χ0n) is 13.2. The number of benzene rings is 1. The van der Waals surface area contributed by atoms with E-state index >= 15 is 0 Å². The summed E-state index contributed by atoms with van der Waals surface area (Å²) in [5.74, 6) is 0. The molecule has 0 radical (unpaired) electrons. The van der Waals surface area contributed by atoms with Crippen LogP contribution >= 0.6 is 0 Å². The SMILES string of the molecule is Cc1cc(C)c(C2C(N)CCN2C(C)(C)C)c(C)c1. The van der Waals surface area contributed by atoms with Crippen LogP contribution in [-0.2, 0) is 0 Å². The van der Waals surface area contributed by atoms with Crippen LogP contribution in [-0.4, -0.2) is 23.0 Å². The molecule has 0 aromatic heterocycles. The fourth-order valence-corrected chi connectivity index (χ4v) is 3.60. The average molecular weight is 260 g/mol. The summed E-state index contributed by atoms with van der Waals surface area (Å²) in [6, 6.07) is 5.18. The summed E-state index contributed by atoms with van der Waals surface area (Å²) in [4.78, 5) is 2.57. The van der Waals surface area contributed by atoms with Gasteiger partial charge in [-0.05, 0) is 64.7 Å². The third-order valence-electron chi connectivity index (χ3n) is 4.34. The number of hydrogen-bond acceptors (Lipinski definition) is 2. The molecule has 2 nitrogen and oxygen atoms in total. The first kappa shape index (κ1) is 14.5. The van der Waals surface area contributed by atoms with Crippen LogP contribution in [0.15, 0.2) is 12.1 Å². The van der Waals surface area contributed by atoms with Crippen LogP contribution in [0.2, 0.25) is 0 Å². The van der Waals surface area contributed by atoms with E-state index in [9.17, 15) is 0 Å². The summed E-state index contributed by atoms with van der Waals surface area (Å²) in [6.07, 6.45) is 1.09. The van der Waals surface area contributed by atoms with Gasteiger partial charge in [-0.1, -0.05) is 17.7 Å². The van der Waals surface area contributed by atoms with Crippen molar-refractivity contribution in [2.45, 2.75) is 65.6 Å². The van der Waals surface area contributed by atoms with Gasteiger partial charge in [0.15, 0.2) is 0 Å². The fourth-order valence-electron chi connectivity index (χ4n) is 3.60. The Morgan fingerprint density at radius 3 is 2.11 bits per heavy atom. The predicted molar refractivity (Wildman–Crippen MR) is 82.4 cm³/mol. The lowest BCUT2D eigenvalue weighted by atomic mass is 9.89. The quantitative estimate of drug-likeness (QED) is 0.837. The van der Waals surface area contributed by atoms with Crippen molar-refractivity contribution < 1.29 is 0 Å². The van der Waals surface area contributed by atoms with Gasteiger partial charge in [-0.3, -0.25) is 4.90 Å². The van der Waals surface area contributed by atoms with E-state index in [1.54, 1.807) is 0 Å². The first-order chi connectivity index (χ1) is 8.71. The van der Waals surface area contributed by atoms with Crippen LogP contribution in [0, 0.1) is 20.8 Å². The van der Waals surface area contributed by atoms with E-state index in [4.69, 9.17) is 5.73 Å². The normalized spacial score (nSPS) is 25.0. The van der Waals surface area contributed by atoms with Gasteiger partial charge in [0.2, 0.25) is 0 Å². The van der Waals surface area contributed by atoms with Crippen LogP contribution in [0.5, 0.6) is 0 Å². The van der Waals surface area contributed by atoms with E-state index in [0.717, 1.165) is 13.0 Å². The molecule has 1 fully saturated rings. The maximum absolute atomic E-state index is 6.43. The lowest BCUT2D eigenvalue weighted by Gasteiger charge is -2.39. The second-order valence-electron chi connectivity index (χ2n) is 7.07. The van der Waals surface area contributed by atoms with E-state index in [1.165, 1.54) is 22.3 Å². The Kier molecular flexibility index (Phi) is 3.76. The zero-order valence-corrected chi connectivity index (χ0v) is 13.2. The molecule has 0 spiro atoms. The Bertz CT molecular complexity index is 448. The Balaban J connectivity index is 2.50. The molecular formula is C17H28N2. The van der Waals surface area contributed by atoms with Crippen LogP contribution in [0.4, 0.5) is 0 Å². The van der Waals surface area contributed by atoms with E-state index in [-0.39, 0.29) is 11.6 Å². The van der Waals surface area contributed by atoms with Crippen LogP contribution in [0.3, 0.4) is 0 Å². The maximum atomic E-state index is 6.43. The number of aryl methyl sites for hydroxylation is 3. The molecule has 1 aromatic carbocycles. The van der Waals surface area contributed by atoms with Crippen molar-refractivity contribution in [3.63, 3.8) is 0 Å². The summed E-state index contributed by atoms with van der Waals surface area (Å²) < 4.78 is 0. The van der Waals surface area contributed by atoms with Gasteiger partial charge in [0.1, 0.15) is 0 Å². The predicted octanol–water partition coefficient (Wildman–Crippen LogP) is 3.48. The molecule has 0 aliphatic carbocycles. The summed E-state index contributed by atoms with van der Waals surface area (Å²) in [5, 5.41) is 0. The Morgan fingerprint density at radius 2 is 1.63 bits per heavy atom. The van der Waals surface area contributed by atoms with Gasteiger partial charge in [-0.25, -0.2) is 0 Å². The van der Waals surface area contributed by atoms with Gasteiger partial charge in [0.05, 0.1) is 6.04 Å². The molecule has 1 saturated heterocycles. The number of likely N-dealkylation sites (tertiary alicyclic amines) is 1. The molecule has 1 heterocycles. The summed E-state index contributed by atoms with van der Waals surface area (Å²) in [7, 11) is 0. The van der Waals surface area contributed by atoms with Crippen LogP contribution < -0.4 is 5.73 Å². The van der Waals surface area contributed by atoms with Crippen molar-refractivity contribution in [3.05, 3.63) is 34.4 Å². The van der Waals surface area contributed by atoms with Crippen molar-refractivity contribution in [1.82, 2.24) is 4.90 Å². The van der Waals surface area contributed by atoms with Gasteiger partial charge in [-0.15, -0.1) is 0 Å². The Hall–Kier alpha value is -0.860. The first-order valence-electron chi connectivity index (χ1n) is 7.32. The molecule has 1 aromatic rings. The molecule has 0 bridgehead atoms. The van der Waals surface area contributed by atoms with Crippen molar-refractivity contribution >= 4 is 0 Å². The number of nitrogens with two attached hydrogens (primary N) is 1. The highest BCUT2D eigenvalue weighted by Gasteiger charge is 2.39. The van der Waals surface area contributed by atoms with E-state index in [1.807, 2.05) is 0 Å². The molecule has 19 heavy (non-hydrogen) atoms. The Morgan fingerprint density at radius 1 is 1.11 bits per heavy atom. The molecule has 2 heteroatoms. The van der Waals surface area contributed by atoms with Crippen LogP contribution in [0.1, 0.15) is 55.5 Å². The molecule has 0 saturated carbocycles. The van der Waals surface area contributed by atoms with Crippen molar-refractivity contribution in [2.75, 3.05) is 6.54 Å². The summed E-state index contributed by atoms with van der Waals surface area (Å²) >= 11 is 0. The van der Waals surface area contributed by atoms with Gasteiger partial charge >= 0.3 is 0 Å².